The highest BCUT2D eigenvalue weighted by molar-refractivity contribution is 5.83. The second-order valence-corrected chi connectivity index (χ2v) is 4.26. The number of hydrogen-bond donors (Lipinski definition) is 2. The maximum Gasteiger partial charge on any atom is 0.216 e. The quantitative estimate of drug-likeness (QED) is 0.541. The van der Waals surface area contributed by atoms with Gasteiger partial charge in [-0.05, 0) is 12.1 Å². The Bertz CT molecular complexity index is 908. The standard InChI is InChI=1S/C15H11N3O2/c19-15-12-9-5-4-8-11(12)13(18-20)14(15)17-16-10-6-2-1-3-7-10/h1-9,16,20H. The van der Waals surface area contributed by atoms with E-state index in [0.29, 0.717) is 10.8 Å². The number of nitrogens with one attached hydrogen (secondary N) is 1. The maximum atomic E-state index is 12.2. The zero-order chi connectivity index (χ0) is 13.9. The van der Waals surface area contributed by atoms with Gasteiger partial charge in [-0.3, -0.25) is 10.2 Å². The molecule has 98 valence electrons. The zero-order valence-electron chi connectivity index (χ0n) is 10.4. The van der Waals surface area contributed by atoms with Crippen LogP contribution in [0.3, 0.4) is 0 Å². The van der Waals surface area contributed by atoms with Crippen LogP contribution in [0.2, 0.25) is 0 Å². The average Bonchev–Trinajstić information content (AvgIpc) is 2.78. The van der Waals surface area contributed by atoms with E-state index >= 15 is 0 Å². The lowest BCUT2D eigenvalue weighted by Crippen LogP contribution is -2.33. The van der Waals surface area contributed by atoms with Crippen LogP contribution in [-0.4, -0.2) is 5.21 Å². The van der Waals surface area contributed by atoms with Crippen LogP contribution in [0, 0.1) is 0 Å². The molecule has 0 aliphatic carbocycles. The van der Waals surface area contributed by atoms with Gasteiger partial charge in [0.25, 0.3) is 0 Å². The molecule has 0 heterocycles. The number of nitrogens with zero attached hydrogens (tertiary/aromatic N) is 2. The molecule has 5 nitrogen and oxygen atoms in total. The van der Waals surface area contributed by atoms with Crippen LogP contribution < -0.4 is 21.6 Å². The van der Waals surface area contributed by atoms with E-state index in [1.807, 2.05) is 30.3 Å². The first kappa shape index (κ1) is 12.1. The van der Waals surface area contributed by atoms with Crippen molar-refractivity contribution in [1.29, 1.82) is 0 Å². The molecule has 0 spiro atoms. The van der Waals surface area contributed by atoms with E-state index in [1.165, 1.54) is 0 Å². The second-order valence-electron chi connectivity index (χ2n) is 4.26. The molecule has 0 unspecified atom stereocenters. The third kappa shape index (κ3) is 1.95. The lowest BCUT2D eigenvalue weighted by atomic mass is 10.2. The van der Waals surface area contributed by atoms with Gasteiger partial charge in [-0.25, -0.2) is 0 Å². The summed E-state index contributed by atoms with van der Waals surface area (Å²) in [6.45, 7) is 0. The molecule has 0 bridgehead atoms. The highest BCUT2D eigenvalue weighted by Gasteiger charge is 2.08. The molecule has 0 amide bonds. The summed E-state index contributed by atoms with van der Waals surface area (Å²) in [7, 11) is 0. The molecule has 0 atom stereocenters. The number of benzene rings is 2. The molecule has 2 N–H and O–H groups in total. The van der Waals surface area contributed by atoms with Crippen molar-refractivity contribution in [2.45, 2.75) is 0 Å². The minimum absolute atomic E-state index is 0.109. The Morgan fingerprint density at radius 2 is 1.50 bits per heavy atom. The first-order valence-corrected chi connectivity index (χ1v) is 6.06. The first-order chi connectivity index (χ1) is 9.81. The largest absolute Gasteiger partial charge is 0.410 e. The van der Waals surface area contributed by atoms with E-state index in [9.17, 15) is 4.79 Å². The fraction of sp³-hybridized carbons (Fsp3) is 0. The molecule has 3 rings (SSSR count). The van der Waals surface area contributed by atoms with Crippen LogP contribution in [0.4, 0.5) is 5.69 Å². The Balaban J connectivity index is 2.22. The van der Waals surface area contributed by atoms with Gasteiger partial charge in [0, 0.05) is 10.8 Å². The number of para-hydroxylation sites is 1. The predicted octanol–water partition coefficient (Wildman–Crippen LogP) is 1.29. The lowest BCUT2D eigenvalue weighted by molar-refractivity contribution is 0.302. The molecule has 0 aliphatic rings. The van der Waals surface area contributed by atoms with E-state index in [-0.39, 0.29) is 16.1 Å². The Labute approximate surface area is 113 Å². The smallest absolute Gasteiger partial charge is 0.216 e. The molecule has 3 aromatic carbocycles. The van der Waals surface area contributed by atoms with E-state index in [4.69, 9.17) is 5.21 Å². The molecule has 20 heavy (non-hydrogen) atoms. The van der Waals surface area contributed by atoms with Gasteiger partial charge in [0.2, 0.25) is 5.43 Å². The number of hydrogen-bond acceptors (Lipinski definition) is 5. The number of fused-ring (bicyclic) bond motifs is 1. The van der Waals surface area contributed by atoms with Crippen LogP contribution in [0.15, 0.2) is 69.6 Å². The molecule has 0 fully saturated rings. The van der Waals surface area contributed by atoms with Gasteiger partial charge in [-0.2, -0.15) is 5.10 Å². The fourth-order valence-electron chi connectivity index (χ4n) is 2.09. The highest BCUT2D eigenvalue weighted by atomic mass is 16.4. The minimum atomic E-state index is -0.253. The molecule has 0 radical (unpaired) electrons. The van der Waals surface area contributed by atoms with Crippen molar-refractivity contribution in [2.75, 3.05) is 5.43 Å². The Kier molecular flexibility index (Phi) is 3.01. The molecule has 0 saturated heterocycles. The summed E-state index contributed by atoms with van der Waals surface area (Å²) < 4.78 is 0. The molecule has 0 saturated carbocycles. The summed E-state index contributed by atoms with van der Waals surface area (Å²) in [6, 6.07) is 16.2. The SMILES string of the molecule is O=c1c(=NNc2ccccc2)c(=NO)c2ccccc12. The van der Waals surface area contributed by atoms with Gasteiger partial charge < -0.3 is 5.21 Å². The maximum absolute atomic E-state index is 12.2. The van der Waals surface area contributed by atoms with Gasteiger partial charge >= 0.3 is 0 Å². The zero-order valence-corrected chi connectivity index (χ0v) is 10.4. The van der Waals surface area contributed by atoms with E-state index in [2.05, 4.69) is 15.7 Å². The van der Waals surface area contributed by atoms with Crippen LogP contribution in [0.5, 0.6) is 0 Å². The van der Waals surface area contributed by atoms with Crippen molar-refractivity contribution in [3.63, 3.8) is 0 Å². The fourth-order valence-corrected chi connectivity index (χ4v) is 2.09. The van der Waals surface area contributed by atoms with E-state index in [0.717, 1.165) is 5.69 Å². The van der Waals surface area contributed by atoms with Crippen molar-refractivity contribution < 1.29 is 5.21 Å². The molecular weight excluding hydrogens is 254 g/mol. The van der Waals surface area contributed by atoms with E-state index < -0.39 is 0 Å². The van der Waals surface area contributed by atoms with Gasteiger partial charge in [0.15, 0.2) is 5.36 Å². The summed E-state index contributed by atoms with van der Waals surface area (Å²) in [5.74, 6) is 0. The predicted molar refractivity (Wildman–Crippen MR) is 75.6 cm³/mol. The third-order valence-electron chi connectivity index (χ3n) is 3.04. The summed E-state index contributed by atoms with van der Waals surface area (Å²) in [4.78, 5) is 12.2. The summed E-state index contributed by atoms with van der Waals surface area (Å²) in [5.41, 5.74) is 3.29. The second kappa shape index (κ2) is 4.97. The monoisotopic (exact) mass is 265 g/mol. The molecule has 3 aromatic rings. The Hall–Kier alpha value is -2.95. The first-order valence-electron chi connectivity index (χ1n) is 6.06. The van der Waals surface area contributed by atoms with Crippen LogP contribution >= 0.6 is 0 Å². The Morgan fingerprint density at radius 3 is 2.20 bits per heavy atom. The topological polar surface area (TPSA) is 74.0 Å². The van der Waals surface area contributed by atoms with Gasteiger partial charge in [-0.1, -0.05) is 47.6 Å². The highest BCUT2D eigenvalue weighted by Crippen LogP contribution is 2.04. The van der Waals surface area contributed by atoms with Crippen molar-refractivity contribution >= 4 is 16.5 Å². The van der Waals surface area contributed by atoms with E-state index in [1.54, 1.807) is 24.3 Å². The summed E-state index contributed by atoms with van der Waals surface area (Å²) in [6.07, 6.45) is 0. The van der Waals surface area contributed by atoms with Crippen LogP contribution in [0.1, 0.15) is 0 Å². The average molecular weight is 265 g/mol. The van der Waals surface area contributed by atoms with Crippen molar-refractivity contribution in [1.82, 2.24) is 0 Å². The molecular formula is C15H11N3O2. The number of rotatable bonds is 2. The minimum Gasteiger partial charge on any atom is -0.410 e. The number of anilines is 1. The molecule has 0 aliphatic heterocycles. The Morgan fingerprint density at radius 1 is 0.850 bits per heavy atom. The molecule has 5 heteroatoms. The van der Waals surface area contributed by atoms with Crippen molar-refractivity contribution in [3.8, 4) is 0 Å². The summed E-state index contributed by atoms with van der Waals surface area (Å²) in [5, 5.41) is 17.8. The lowest BCUT2D eigenvalue weighted by Gasteiger charge is -1.96. The van der Waals surface area contributed by atoms with Crippen molar-refractivity contribution in [2.24, 2.45) is 10.3 Å². The van der Waals surface area contributed by atoms with Gasteiger partial charge in [0.05, 0.1) is 5.69 Å². The normalized spacial score (nSPS) is 13.0. The summed E-state index contributed by atoms with van der Waals surface area (Å²) >= 11 is 0. The van der Waals surface area contributed by atoms with Crippen molar-refractivity contribution in [3.05, 3.63) is 75.5 Å². The van der Waals surface area contributed by atoms with Crippen LogP contribution in [-0.2, 0) is 0 Å². The van der Waals surface area contributed by atoms with Gasteiger partial charge in [0.1, 0.15) is 5.36 Å². The van der Waals surface area contributed by atoms with Crippen LogP contribution in [0.25, 0.3) is 10.8 Å². The third-order valence-corrected chi connectivity index (χ3v) is 3.04. The van der Waals surface area contributed by atoms with Gasteiger partial charge in [-0.15, -0.1) is 0 Å². The molecule has 0 aromatic heterocycles.